The second-order valence-electron chi connectivity index (χ2n) is 8.29. The summed E-state index contributed by atoms with van der Waals surface area (Å²) in [4.78, 5) is 3.45. The molecule has 1 aliphatic heterocycles. The van der Waals surface area contributed by atoms with Crippen LogP contribution in [0.1, 0.15) is 70.8 Å². The minimum absolute atomic E-state index is 1.08. The molecule has 164 valence electrons. The molecule has 30 heavy (non-hydrogen) atoms. The lowest BCUT2D eigenvalue weighted by Gasteiger charge is -2.06. The molecule has 1 saturated heterocycles. The van der Waals surface area contributed by atoms with Crippen LogP contribution in [0.3, 0.4) is 0 Å². The zero-order chi connectivity index (χ0) is 21.6. The number of nitrogens with zero attached hydrogens (tertiary/aromatic N) is 1. The van der Waals surface area contributed by atoms with Crippen molar-refractivity contribution in [3.63, 3.8) is 0 Å². The van der Waals surface area contributed by atoms with Crippen molar-refractivity contribution in [1.82, 2.24) is 4.90 Å². The van der Waals surface area contributed by atoms with Crippen molar-refractivity contribution in [1.29, 1.82) is 0 Å². The molecule has 1 aliphatic carbocycles. The summed E-state index contributed by atoms with van der Waals surface area (Å²) in [6.45, 7) is 6.96. The predicted molar refractivity (Wildman–Crippen MR) is 136 cm³/mol. The van der Waals surface area contributed by atoms with Crippen LogP contribution < -0.4 is 5.14 Å². The van der Waals surface area contributed by atoms with Gasteiger partial charge in [-0.1, -0.05) is 81.5 Å². The Morgan fingerprint density at radius 3 is 1.67 bits per heavy atom. The van der Waals surface area contributed by atoms with E-state index in [-0.39, 0.29) is 0 Å². The molecule has 0 unspecified atom stereocenters. The summed E-state index contributed by atoms with van der Waals surface area (Å²) >= 11 is 1.28. The third-order valence-electron chi connectivity index (χ3n) is 5.75. The summed E-state index contributed by atoms with van der Waals surface area (Å²) in [6.07, 6.45) is 13.7. The van der Waals surface area contributed by atoms with Crippen LogP contribution in [-0.2, 0) is 0 Å². The van der Waals surface area contributed by atoms with Gasteiger partial charge in [-0.25, -0.2) is 0 Å². The predicted octanol–water partition coefficient (Wildman–Crippen LogP) is 7.80. The van der Waals surface area contributed by atoms with Gasteiger partial charge in [0.05, 0.1) is 0 Å². The zero-order valence-corrected chi connectivity index (χ0v) is 20.0. The van der Waals surface area contributed by atoms with E-state index in [1.165, 1.54) is 92.2 Å². The molecule has 2 aliphatic rings. The first-order chi connectivity index (χ1) is 14.6. The van der Waals surface area contributed by atoms with Crippen molar-refractivity contribution < 1.29 is 0 Å². The molecule has 2 N–H and O–H groups in total. The maximum atomic E-state index is 5.53. The van der Waals surface area contributed by atoms with E-state index in [0.717, 1.165) is 11.3 Å². The second-order valence-corrected chi connectivity index (χ2v) is 9.00. The van der Waals surface area contributed by atoms with Gasteiger partial charge in [-0.3, -0.25) is 5.14 Å². The van der Waals surface area contributed by atoms with E-state index in [1.54, 1.807) is 0 Å². The Balaban J connectivity index is 0.000000234. The Kier molecular flexibility index (Phi) is 11.9. The van der Waals surface area contributed by atoms with Crippen molar-refractivity contribution in [3.8, 4) is 11.1 Å². The molecule has 2 fully saturated rings. The van der Waals surface area contributed by atoms with E-state index in [1.807, 2.05) is 0 Å². The van der Waals surface area contributed by atoms with Gasteiger partial charge in [0.1, 0.15) is 0 Å². The van der Waals surface area contributed by atoms with Crippen molar-refractivity contribution >= 4 is 17.5 Å². The summed E-state index contributed by atoms with van der Waals surface area (Å²) in [5.41, 5.74) is 5.09. The fourth-order valence-electron chi connectivity index (χ4n) is 3.83. The number of allylic oxidation sites excluding steroid dienone is 2. The number of nitrogens with two attached hydrogens (primary N) is 1. The molecule has 1 saturated carbocycles. The zero-order valence-electron chi connectivity index (χ0n) is 19.2. The Hall–Kier alpha value is -1.55. The molecule has 2 aromatic carbocycles. The second kappa shape index (κ2) is 14.5. The van der Waals surface area contributed by atoms with Gasteiger partial charge in [-0.05, 0) is 92.7 Å². The molecule has 0 aromatic heterocycles. The largest absolute Gasteiger partial charge is 0.306 e. The topological polar surface area (TPSA) is 29.3 Å². The van der Waals surface area contributed by atoms with E-state index in [2.05, 4.69) is 80.4 Å². The normalized spacial score (nSPS) is 16.5. The SMILES string of the molecule is C1CCCC1.CCC=C(C)c1ccc(-c2ccc(SN)cc2)cc1.CN1CCCC1. The molecule has 3 heteroatoms. The summed E-state index contributed by atoms with van der Waals surface area (Å²) in [5.74, 6) is 0. The fourth-order valence-corrected chi connectivity index (χ4v) is 4.13. The van der Waals surface area contributed by atoms with Crippen molar-refractivity contribution in [3.05, 3.63) is 60.2 Å². The molecule has 4 rings (SSSR count). The van der Waals surface area contributed by atoms with Crippen molar-refractivity contribution in [2.45, 2.75) is 70.1 Å². The lowest BCUT2D eigenvalue weighted by Crippen LogP contribution is -2.10. The maximum Gasteiger partial charge on any atom is 0.0226 e. The number of hydrogen-bond acceptors (Lipinski definition) is 3. The first-order valence-electron chi connectivity index (χ1n) is 11.6. The highest BCUT2D eigenvalue weighted by atomic mass is 32.2. The summed E-state index contributed by atoms with van der Waals surface area (Å²) in [5, 5.41) is 5.53. The third-order valence-corrected chi connectivity index (χ3v) is 6.30. The van der Waals surface area contributed by atoms with Gasteiger partial charge in [0.15, 0.2) is 0 Å². The highest BCUT2D eigenvalue weighted by Gasteiger charge is 2.03. The molecule has 0 radical (unpaired) electrons. The van der Waals surface area contributed by atoms with Crippen LogP contribution in [0.25, 0.3) is 16.7 Å². The van der Waals surface area contributed by atoms with E-state index < -0.39 is 0 Å². The molecule has 2 aromatic rings. The first kappa shape index (κ1) is 24.7. The number of rotatable bonds is 4. The van der Waals surface area contributed by atoms with E-state index >= 15 is 0 Å². The lowest BCUT2D eigenvalue weighted by atomic mass is 10.0. The van der Waals surface area contributed by atoms with Crippen LogP contribution in [-0.4, -0.2) is 25.0 Å². The van der Waals surface area contributed by atoms with Crippen LogP contribution in [0, 0.1) is 0 Å². The van der Waals surface area contributed by atoms with Crippen molar-refractivity contribution in [2.24, 2.45) is 5.14 Å². The van der Waals surface area contributed by atoms with E-state index in [4.69, 9.17) is 5.14 Å². The first-order valence-corrected chi connectivity index (χ1v) is 12.4. The Labute approximate surface area is 189 Å². The molecular formula is C27H40N2S. The highest BCUT2D eigenvalue weighted by molar-refractivity contribution is 7.97. The van der Waals surface area contributed by atoms with Crippen LogP contribution in [0.2, 0.25) is 0 Å². The minimum Gasteiger partial charge on any atom is -0.306 e. The number of likely N-dealkylation sites (tertiary alicyclic amines) is 1. The molecule has 0 spiro atoms. The van der Waals surface area contributed by atoms with Crippen LogP contribution in [0.4, 0.5) is 0 Å². The van der Waals surface area contributed by atoms with E-state index in [9.17, 15) is 0 Å². The standard InChI is InChI=1S/C17H19NS.C5H11N.C5H10/c1-3-4-13(2)14-5-7-15(8-6-14)16-9-11-17(19-18)12-10-16;1-6-4-2-3-5-6;1-2-4-5-3-1/h4-12H,3,18H2,1-2H3;2-5H2,1H3;1-5H2. The minimum atomic E-state index is 1.08. The van der Waals surface area contributed by atoms with Crippen LogP contribution >= 0.6 is 11.9 Å². The van der Waals surface area contributed by atoms with Gasteiger partial charge in [0.2, 0.25) is 0 Å². The Morgan fingerprint density at radius 1 is 0.833 bits per heavy atom. The van der Waals surface area contributed by atoms with Gasteiger partial charge in [0.25, 0.3) is 0 Å². The van der Waals surface area contributed by atoms with E-state index in [0.29, 0.717) is 0 Å². The third kappa shape index (κ3) is 9.07. The summed E-state index contributed by atoms with van der Waals surface area (Å²) in [6, 6.07) is 17.0. The Bertz CT molecular complexity index is 717. The summed E-state index contributed by atoms with van der Waals surface area (Å²) in [7, 11) is 2.17. The Morgan fingerprint density at radius 2 is 1.30 bits per heavy atom. The summed E-state index contributed by atoms with van der Waals surface area (Å²) < 4.78 is 0. The average molecular weight is 425 g/mol. The smallest absolute Gasteiger partial charge is 0.0226 e. The van der Waals surface area contributed by atoms with Crippen molar-refractivity contribution in [2.75, 3.05) is 20.1 Å². The quantitative estimate of drug-likeness (QED) is 0.508. The van der Waals surface area contributed by atoms with Gasteiger partial charge in [-0.15, -0.1) is 0 Å². The molecule has 0 atom stereocenters. The molecule has 1 heterocycles. The molecule has 2 nitrogen and oxygen atoms in total. The lowest BCUT2D eigenvalue weighted by molar-refractivity contribution is 0.418. The number of hydrogen-bond donors (Lipinski definition) is 1. The van der Waals surface area contributed by atoms with Crippen LogP contribution in [0.5, 0.6) is 0 Å². The monoisotopic (exact) mass is 424 g/mol. The van der Waals surface area contributed by atoms with Crippen LogP contribution in [0.15, 0.2) is 59.5 Å². The van der Waals surface area contributed by atoms with Gasteiger partial charge >= 0.3 is 0 Å². The van der Waals surface area contributed by atoms with Gasteiger partial charge in [-0.2, -0.15) is 0 Å². The van der Waals surface area contributed by atoms with Gasteiger partial charge in [0, 0.05) is 4.90 Å². The molecule has 0 amide bonds. The molecular weight excluding hydrogens is 384 g/mol. The molecule has 0 bridgehead atoms. The average Bonchev–Trinajstić information content (AvgIpc) is 3.52. The maximum absolute atomic E-state index is 5.53. The fraction of sp³-hybridized carbons (Fsp3) is 0.481. The highest BCUT2D eigenvalue weighted by Crippen LogP contribution is 2.24. The number of benzene rings is 2. The van der Waals surface area contributed by atoms with Gasteiger partial charge < -0.3 is 4.90 Å².